The summed E-state index contributed by atoms with van der Waals surface area (Å²) in [7, 11) is 0. The van der Waals surface area contributed by atoms with Crippen LogP contribution in [-0.2, 0) is 0 Å². The number of fused-ring (bicyclic) bond motifs is 6. The number of hydrogen-bond acceptors (Lipinski definition) is 4. The zero-order valence-corrected chi connectivity index (χ0v) is 37.2. The van der Waals surface area contributed by atoms with E-state index in [4.69, 9.17) is 23.1 Å². The highest BCUT2D eigenvalue weighted by molar-refractivity contribution is 6.12. The fourth-order valence-electron chi connectivity index (χ4n) is 9.81. The van der Waals surface area contributed by atoms with Gasteiger partial charge in [-0.3, -0.25) is 0 Å². The van der Waals surface area contributed by atoms with Gasteiger partial charge in [0.2, 0.25) is 0 Å². The number of para-hydroxylation sites is 3. The van der Waals surface area contributed by atoms with Gasteiger partial charge in [-0.15, -0.1) is 0 Å². The number of nitriles is 2. The highest BCUT2D eigenvalue weighted by Crippen LogP contribution is 2.40. The molecule has 0 saturated heterocycles. The van der Waals surface area contributed by atoms with E-state index in [1.165, 1.54) is 10.8 Å². The van der Waals surface area contributed by atoms with Gasteiger partial charge >= 0.3 is 0 Å². The molecule has 0 spiro atoms. The second-order valence-electron chi connectivity index (χ2n) is 17.0. The van der Waals surface area contributed by atoms with Crippen molar-refractivity contribution in [2.24, 2.45) is 0 Å². The van der Waals surface area contributed by atoms with Crippen molar-refractivity contribution in [3.63, 3.8) is 0 Å². The maximum atomic E-state index is 10.7. The zero-order valence-electron chi connectivity index (χ0n) is 37.2. The Morgan fingerprint density at radius 2 is 0.829 bits per heavy atom. The smallest absolute Gasteiger partial charge is 0.187 e. The van der Waals surface area contributed by atoms with Gasteiger partial charge < -0.3 is 9.13 Å². The molecule has 3 heterocycles. The lowest BCUT2D eigenvalue weighted by molar-refractivity contribution is 1.16. The van der Waals surface area contributed by atoms with Crippen molar-refractivity contribution in [2.45, 2.75) is 0 Å². The lowest BCUT2D eigenvalue weighted by Crippen LogP contribution is -1.99. The van der Waals surface area contributed by atoms with Crippen LogP contribution in [0, 0.1) is 35.8 Å². The third-order valence-corrected chi connectivity index (χ3v) is 13.0. The van der Waals surface area contributed by atoms with Crippen LogP contribution < -0.4 is 0 Å². The predicted octanol–water partition coefficient (Wildman–Crippen LogP) is 15.9. The standard InChI is InChI=1S/C62H34N8/c1-65-47-13-9-11-43(31-47)56-36-55(67-62(68-56)44-12-10-14-48(32-44)66-2)41-25-21-39(22-26-41)40-23-27-42(28-24-40)61-45(37-63)33-50(34-46(61)38-64)70-59-20-8-5-17-53(59)54-35-49(29-30-60(54)70)69-57-18-6-3-15-51(57)52-16-4-7-19-58(52)69/h3-36H. The van der Waals surface area contributed by atoms with Gasteiger partial charge in [0.25, 0.3) is 0 Å². The number of rotatable bonds is 7. The molecular formula is C62H34N8. The monoisotopic (exact) mass is 890 g/mol. The van der Waals surface area contributed by atoms with E-state index in [1.807, 2.05) is 109 Å². The van der Waals surface area contributed by atoms with Crippen molar-refractivity contribution in [1.29, 1.82) is 10.5 Å². The minimum atomic E-state index is 0.407. The molecule has 0 radical (unpaired) electrons. The summed E-state index contributed by atoms with van der Waals surface area (Å²) >= 11 is 0. The van der Waals surface area contributed by atoms with Gasteiger partial charge in [-0.1, -0.05) is 140 Å². The molecule has 0 atom stereocenters. The van der Waals surface area contributed by atoms with Crippen LogP contribution in [0.3, 0.4) is 0 Å². The Labute approximate surface area is 402 Å². The molecule has 322 valence electrons. The highest BCUT2D eigenvalue weighted by Gasteiger charge is 2.20. The lowest BCUT2D eigenvalue weighted by atomic mass is 9.92. The van der Waals surface area contributed by atoms with Gasteiger partial charge in [-0.05, 0) is 89.0 Å². The second-order valence-corrected chi connectivity index (χ2v) is 17.0. The van der Waals surface area contributed by atoms with E-state index in [9.17, 15) is 10.5 Å². The van der Waals surface area contributed by atoms with Gasteiger partial charge in [0, 0.05) is 49.6 Å². The van der Waals surface area contributed by atoms with Crippen molar-refractivity contribution >= 4 is 55.0 Å². The highest BCUT2D eigenvalue weighted by atomic mass is 15.0. The Hall–Kier alpha value is -10.4. The van der Waals surface area contributed by atoms with Crippen LogP contribution in [0.2, 0.25) is 0 Å². The Morgan fingerprint density at radius 1 is 0.371 bits per heavy atom. The Kier molecular flexibility index (Phi) is 9.86. The molecule has 70 heavy (non-hydrogen) atoms. The van der Waals surface area contributed by atoms with Crippen LogP contribution in [0.25, 0.3) is 121 Å². The molecule has 0 aliphatic carbocycles. The molecule has 0 aliphatic rings. The second kappa shape index (κ2) is 16.8. The molecule has 8 heteroatoms. The minimum absolute atomic E-state index is 0.407. The fourth-order valence-corrected chi connectivity index (χ4v) is 9.81. The number of hydrogen-bond donors (Lipinski definition) is 0. The molecule has 0 bridgehead atoms. The molecule has 3 aromatic heterocycles. The Balaban J connectivity index is 0.888. The topological polar surface area (TPSA) is 91.9 Å². The molecule has 8 nitrogen and oxygen atoms in total. The van der Waals surface area contributed by atoms with Gasteiger partial charge in [-0.2, -0.15) is 10.5 Å². The van der Waals surface area contributed by atoms with Crippen LogP contribution in [0.4, 0.5) is 11.4 Å². The van der Waals surface area contributed by atoms with Gasteiger partial charge in [0.05, 0.1) is 69.9 Å². The van der Waals surface area contributed by atoms with Crippen molar-refractivity contribution in [3.05, 3.63) is 240 Å². The van der Waals surface area contributed by atoms with Crippen LogP contribution in [0.15, 0.2) is 206 Å². The molecule has 0 N–H and O–H groups in total. The summed E-state index contributed by atoms with van der Waals surface area (Å²) in [4.78, 5) is 17.0. The van der Waals surface area contributed by atoms with Crippen molar-refractivity contribution < 1.29 is 0 Å². The number of aromatic nitrogens is 4. The normalized spacial score (nSPS) is 11.1. The van der Waals surface area contributed by atoms with Crippen molar-refractivity contribution in [1.82, 2.24) is 19.1 Å². The van der Waals surface area contributed by atoms with Gasteiger partial charge in [-0.25, -0.2) is 19.7 Å². The third kappa shape index (κ3) is 6.90. The maximum absolute atomic E-state index is 10.7. The molecule has 0 amide bonds. The SMILES string of the molecule is [C-]#[N+]c1cccc(-c2cc(-c3ccc(-c4ccc(-c5c(C#N)cc(-n6c7ccccc7c7cc(-n8c9ccccc9c9ccccc98)ccc76)cc5C#N)cc4)cc3)nc(-c3cccc([N+]#[C-])c3)n2)c1. The first-order valence-electron chi connectivity index (χ1n) is 22.6. The fraction of sp³-hybridized carbons (Fsp3) is 0. The van der Waals surface area contributed by atoms with Crippen LogP contribution >= 0.6 is 0 Å². The van der Waals surface area contributed by atoms with Crippen LogP contribution in [0.1, 0.15) is 11.1 Å². The first kappa shape index (κ1) is 41.1. The zero-order chi connectivity index (χ0) is 47.3. The molecular weight excluding hydrogens is 857 g/mol. The summed E-state index contributed by atoms with van der Waals surface area (Å²) in [5.74, 6) is 0.479. The van der Waals surface area contributed by atoms with E-state index in [1.54, 1.807) is 18.2 Å². The van der Waals surface area contributed by atoms with Crippen molar-refractivity contribution in [3.8, 4) is 79.7 Å². The maximum Gasteiger partial charge on any atom is 0.187 e. The molecule has 0 aliphatic heterocycles. The lowest BCUT2D eigenvalue weighted by Gasteiger charge is -2.14. The van der Waals surface area contributed by atoms with E-state index in [0.717, 1.165) is 77.6 Å². The summed E-state index contributed by atoms with van der Waals surface area (Å²) < 4.78 is 4.47. The third-order valence-electron chi connectivity index (χ3n) is 13.0. The Bertz CT molecular complexity index is 4120. The first-order chi connectivity index (χ1) is 34.5. The summed E-state index contributed by atoms with van der Waals surface area (Å²) in [5, 5.41) is 26.0. The van der Waals surface area contributed by atoms with Crippen LogP contribution in [-0.4, -0.2) is 19.1 Å². The largest absolute Gasteiger partial charge is 0.309 e. The Morgan fingerprint density at radius 3 is 1.39 bits per heavy atom. The summed E-state index contributed by atoms with van der Waals surface area (Å²) in [6.45, 7) is 15.1. The van der Waals surface area contributed by atoms with E-state index in [-0.39, 0.29) is 0 Å². The van der Waals surface area contributed by atoms with Gasteiger partial charge in [0.15, 0.2) is 17.2 Å². The molecule has 0 fully saturated rings. The average molecular weight is 891 g/mol. The molecule has 0 unspecified atom stereocenters. The van der Waals surface area contributed by atoms with E-state index >= 15 is 0 Å². The minimum Gasteiger partial charge on any atom is -0.309 e. The molecule has 12 rings (SSSR count). The average Bonchev–Trinajstić information content (AvgIpc) is 3.95. The molecule has 0 saturated carbocycles. The quantitative estimate of drug-likeness (QED) is 0.149. The number of benzene rings is 9. The van der Waals surface area contributed by atoms with E-state index in [0.29, 0.717) is 45.3 Å². The summed E-state index contributed by atoms with van der Waals surface area (Å²) in [5.41, 5.74) is 14.9. The van der Waals surface area contributed by atoms with Crippen molar-refractivity contribution in [2.75, 3.05) is 0 Å². The molecule has 9 aromatic carbocycles. The summed E-state index contributed by atoms with van der Waals surface area (Å²) in [6.07, 6.45) is 0. The summed E-state index contributed by atoms with van der Waals surface area (Å²) in [6, 6.07) is 73.0. The van der Waals surface area contributed by atoms with E-state index in [2.05, 4.69) is 110 Å². The predicted molar refractivity (Wildman–Crippen MR) is 280 cm³/mol. The molecule has 12 aromatic rings. The first-order valence-corrected chi connectivity index (χ1v) is 22.6. The van der Waals surface area contributed by atoms with E-state index < -0.39 is 0 Å². The van der Waals surface area contributed by atoms with Crippen LogP contribution in [0.5, 0.6) is 0 Å². The number of nitrogens with zero attached hydrogens (tertiary/aromatic N) is 8. The van der Waals surface area contributed by atoms with Gasteiger partial charge in [0.1, 0.15) is 0 Å².